The van der Waals surface area contributed by atoms with Gasteiger partial charge in [-0.2, -0.15) is 0 Å². The summed E-state index contributed by atoms with van der Waals surface area (Å²) in [5, 5.41) is 13.1. The quantitative estimate of drug-likeness (QED) is 0.350. The number of carbonyl (C=O) groups is 2. The molecule has 1 aliphatic rings. The number of hydrogen-bond acceptors (Lipinski definition) is 4. The van der Waals surface area contributed by atoms with Crippen LogP contribution in [0.2, 0.25) is 5.02 Å². The number of hydrogen-bond donors (Lipinski definition) is 2. The smallest absolute Gasteiger partial charge is 0.259 e. The number of fused-ring (bicyclic) bond motifs is 1. The second-order valence-corrected chi connectivity index (χ2v) is 9.76. The Morgan fingerprint density at radius 3 is 2.39 bits per heavy atom. The van der Waals surface area contributed by atoms with Gasteiger partial charge in [0.25, 0.3) is 11.8 Å². The van der Waals surface area contributed by atoms with Gasteiger partial charge in [0.05, 0.1) is 23.2 Å². The normalized spacial score (nSPS) is 15.4. The van der Waals surface area contributed by atoms with Crippen LogP contribution in [0.4, 0.5) is 11.4 Å². The van der Waals surface area contributed by atoms with E-state index in [1.807, 2.05) is 84.7 Å². The van der Waals surface area contributed by atoms with E-state index in [-0.39, 0.29) is 29.5 Å². The number of aliphatic hydroxyl groups is 1. The maximum absolute atomic E-state index is 13.7. The molecule has 1 heterocycles. The van der Waals surface area contributed by atoms with Crippen LogP contribution in [0, 0.1) is 0 Å². The van der Waals surface area contributed by atoms with Gasteiger partial charge in [0.2, 0.25) is 0 Å². The first-order valence-electron chi connectivity index (χ1n) is 12.4. The molecule has 0 fully saturated rings. The molecule has 2 N–H and O–H groups in total. The van der Waals surface area contributed by atoms with Gasteiger partial charge in [0.15, 0.2) is 0 Å². The van der Waals surface area contributed by atoms with Crippen LogP contribution in [0.1, 0.15) is 26.3 Å². The lowest BCUT2D eigenvalue weighted by atomic mass is 9.99. The monoisotopic (exact) mass is 525 g/mol. The van der Waals surface area contributed by atoms with Gasteiger partial charge in [-0.05, 0) is 54.1 Å². The first kappa shape index (κ1) is 25.7. The van der Waals surface area contributed by atoms with Crippen molar-refractivity contribution in [2.45, 2.75) is 12.6 Å². The standard InChI is InChI=1S/C31H28ClN3O3/c1-34-18-22-11-5-8-14-29(22)35(19-24(34)20-36)31(38)27-16-15-23(17-28(27)32)33-30(37)26-13-7-6-12-25(26)21-9-3-2-4-10-21/h2-17,24,36H,18-20H2,1H3,(H,33,37)/t24-/m0/s1. The molecule has 2 amide bonds. The summed E-state index contributed by atoms with van der Waals surface area (Å²) in [4.78, 5) is 30.6. The van der Waals surface area contributed by atoms with E-state index in [1.54, 1.807) is 29.2 Å². The third-order valence-corrected chi connectivity index (χ3v) is 7.20. The predicted molar refractivity (Wildman–Crippen MR) is 152 cm³/mol. The number of rotatable bonds is 5. The predicted octanol–water partition coefficient (Wildman–Crippen LogP) is 5.71. The van der Waals surface area contributed by atoms with Crippen molar-refractivity contribution in [2.75, 3.05) is 30.4 Å². The molecule has 0 spiro atoms. The van der Waals surface area contributed by atoms with Crippen molar-refractivity contribution in [2.24, 2.45) is 0 Å². The maximum atomic E-state index is 13.7. The summed E-state index contributed by atoms with van der Waals surface area (Å²) in [7, 11) is 1.94. The Kier molecular flexibility index (Phi) is 7.56. The summed E-state index contributed by atoms with van der Waals surface area (Å²) < 4.78 is 0. The number of nitrogens with one attached hydrogen (secondary N) is 1. The van der Waals surface area contributed by atoms with Crippen LogP contribution in [0.15, 0.2) is 97.1 Å². The number of benzene rings is 4. The molecule has 4 aromatic rings. The fraction of sp³-hybridized carbons (Fsp3) is 0.161. The molecule has 6 nitrogen and oxygen atoms in total. The molecule has 0 bridgehead atoms. The van der Waals surface area contributed by atoms with Crippen molar-refractivity contribution in [1.82, 2.24) is 4.90 Å². The van der Waals surface area contributed by atoms with Gasteiger partial charge in [-0.3, -0.25) is 14.5 Å². The zero-order valence-electron chi connectivity index (χ0n) is 21.0. The number of likely N-dealkylation sites (N-methyl/N-ethyl adjacent to an activating group) is 1. The van der Waals surface area contributed by atoms with Gasteiger partial charge < -0.3 is 15.3 Å². The van der Waals surface area contributed by atoms with Gasteiger partial charge in [0.1, 0.15) is 0 Å². The molecule has 0 saturated heterocycles. The van der Waals surface area contributed by atoms with E-state index in [2.05, 4.69) is 5.32 Å². The first-order valence-corrected chi connectivity index (χ1v) is 12.8. The van der Waals surface area contributed by atoms with E-state index >= 15 is 0 Å². The molecule has 192 valence electrons. The van der Waals surface area contributed by atoms with Crippen LogP contribution >= 0.6 is 11.6 Å². The molecule has 5 rings (SSSR count). The van der Waals surface area contributed by atoms with Crippen LogP contribution in [0.3, 0.4) is 0 Å². The minimum absolute atomic E-state index is 0.0720. The summed E-state index contributed by atoms with van der Waals surface area (Å²) in [6.07, 6.45) is 0. The second-order valence-electron chi connectivity index (χ2n) is 9.36. The Hall–Kier alpha value is -3.97. The molecule has 7 heteroatoms. The number of para-hydroxylation sites is 1. The van der Waals surface area contributed by atoms with E-state index in [4.69, 9.17) is 11.6 Å². The van der Waals surface area contributed by atoms with E-state index < -0.39 is 0 Å². The number of anilines is 2. The van der Waals surface area contributed by atoms with E-state index in [9.17, 15) is 14.7 Å². The first-order chi connectivity index (χ1) is 18.5. The summed E-state index contributed by atoms with van der Waals surface area (Å²) in [5.41, 5.74) is 4.92. The third kappa shape index (κ3) is 5.20. The van der Waals surface area contributed by atoms with Crippen LogP contribution in [0.25, 0.3) is 11.1 Å². The summed E-state index contributed by atoms with van der Waals surface area (Å²) >= 11 is 6.61. The molecule has 38 heavy (non-hydrogen) atoms. The van der Waals surface area contributed by atoms with Gasteiger partial charge in [-0.1, -0.05) is 78.3 Å². The third-order valence-electron chi connectivity index (χ3n) is 6.89. The Morgan fingerprint density at radius 1 is 0.921 bits per heavy atom. The van der Waals surface area contributed by atoms with Gasteiger partial charge >= 0.3 is 0 Å². The van der Waals surface area contributed by atoms with Crippen LogP contribution < -0.4 is 10.2 Å². The lowest BCUT2D eigenvalue weighted by molar-refractivity contribution is 0.0966. The van der Waals surface area contributed by atoms with Gasteiger partial charge in [0, 0.05) is 30.0 Å². The van der Waals surface area contributed by atoms with E-state index in [0.29, 0.717) is 29.9 Å². The van der Waals surface area contributed by atoms with Crippen molar-refractivity contribution >= 4 is 34.8 Å². The lowest BCUT2D eigenvalue weighted by Crippen LogP contribution is -2.44. The average molecular weight is 526 g/mol. The molecular formula is C31H28ClN3O3. The zero-order valence-corrected chi connectivity index (χ0v) is 21.7. The van der Waals surface area contributed by atoms with Crippen LogP contribution in [-0.4, -0.2) is 48.1 Å². The van der Waals surface area contributed by atoms with E-state index in [1.165, 1.54) is 0 Å². The second kappa shape index (κ2) is 11.2. The Labute approximate surface area is 227 Å². The number of halogens is 1. The minimum Gasteiger partial charge on any atom is -0.395 e. The molecule has 0 aliphatic carbocycles. The maximum Gasteiger partial charge on any atom is 0.259 e. The minimum atomic E-state index is -0.269. The summed E-state index contributed by atoms with van der Waals surface area (Å²) in [6, 6.07) is 29.6. The zero-order chi connectivity index (χ0) is 26.6. The molecule has 0 radical (unpaired) electrons. The Morgan fingerprint density at radius 2 is 1.63 bits per heavy atom. The molecule has 0 saturated carbocycles. The highest BCUT2D eigenvalue weighted by molar-refractivity contribution is 6.35. The van der Waals surface area contributed by atoms with Crippen molar-refractivity contribution in [3.05, 3.63) is 119 Å². The van der Waals surface area contributed by atoms with Crippen molar-refractivity contribution in [3.8, 4) is 11.1 Å². The Bertz CT molecular complexity index is 1470. The summed E-state index contributed by atoms with van der Waals surface area (Å²) in [5.74, 6) is -0.529. The lowest BCUT2D eigenvalue weighted by Gasteiger charge is -2.28. The number of aliphatic hydroxyl groups excluding tert-OH is 1. The van der Waals surface area contributed by atoms with E-state index in [0.717, 1.165) is 22.4 Å². The summed E-state index contributed by atoms with van der Waals surface area (Å²) in [6.45, 7) is 0.875. The fourth-order valence-corrected chi connectivity index (χ4v) is 5.07. The van der Waals surface area contributed by atoms with Crippen LogP contribution in [0.5, 0.6) is 0 Å². The molecule has 0 unspecified atom stereocenters. The highest BCUT2D eigenvalue weighted by Crippen LogP contribution is 2.31. The molecule has 1 atom stereocenters. The molecule has 0 aromatic heterocycles. The van der Waals surface area contributed by atoms with Crippen molar-refractivity contribution in [3.63, 3.8) is 0 Å². The number of nitrogens with zero attached hydrogens (tertiary/aromatic N) is 2. The Balaban J connectivity index is 1.40. The average Bonchev–Trinajstić information content (AvgIpc) is 3.08. The number of carbonyl (C=O) groups excluding carboxylic acids is 2. The SMILES string of the molecule is CN1Cc2ccccc2N(C(=O)c2ccc(NC(=O)c3ccccc3-c3ccccc3)cc2Cl)C[C@H]1CO. The largest absolute Gasteiger partial charge is 0.395 e. The molecular weight excluding hydrogens is 498 g/mol. The molecule has 4 aromatic carbocycles. The fourth-order valence-electron chi connectivity index (χ4n) is 4.80. The topological polar surface area (TPSA) is 72.9 Å². The van der Waals surface area contributed by atoms with Gasteiger partial charge in [-0.15, -0.1) is 0 Å². The highest BCUT2D eigenvalue weighted by Gasteiger charge is 2.30. The van der Waals surface area contributed by atoms with Crippen molar-refractivity contribution < 1.29 is 14.7 Å². The van der Waals surface area contributed by atoms with Gasteiger partial charge in [-0.25, -0.2) is 0 Å². The van der Waals surface area contributed by atoms with Crippen LogP contribution in [-0.2, 0) is 6.54 Å². The van der Waals surface area contributed by atoms with Crippen molar-refractivity contribution in [1.29, 1.82) is 0 Å². The number of amides is 2. The molecule has 1 aliphatic heterocycles. The highest BCUT2D eigenvalue weighted by atomic mass is 35.5.